The van der Waals surface area contributed by atoms with E-state index in [2.05, 4.69) is 15.3 Å². The van der Waals surface area contributed by atoms with E-state index in [1.165, 1.54) is 22.8 Å². The molecule has 0 saturated heterocycles. The van der Waals surface area contributed by atoms with Crippen LogP contribution in [0.5, 0.6) is 0 Å². The van der Waals surface area contributed by atoms with E-state index in [-0.39, 0.29) is 46.6 Å². The summed E-state index contributed by atoms with van der Waals surface area (Å²) in [5.41, 5.74) is 2.05. The Kier molecular flexibility index (Phi) is 6.38. The van der Waals surface area contributed by atoms with Crippen molar-refractivity contribution in [1.82, 2.24) is 9.55 Å². The number of benzene rings is 3. The summed E-state index contributed by atoms with van der Waals surface area (Å²) >= 11 is 12.3. The average Bonchev–Trinajstić information content (AvgIpc) is 3.06. The number of aliphatic imine (C=N–C) groups is 1. The van der Waals surface area contributed by atoms with Gasteiger partial charge >= 0.3 is 5.69 Å². The molecule has 11 heteroatoms. The van der Waals surface area contributed by atoms with Crippen molar-refractivity contribution < 1.29 is 18.7 Å². The zero-order valence-corrected chi connectivity index (χ0v) is 20.0. The minimum atomic E-state index is -1.03. The highest BCUT2D eigenvalue weighted by molar-refractivity contribution is 6.32. The molecule has 0 spiro atoms. The maximum absolute atomic E-state index is 15.0. The summed E-state index contributed by atoms with van der Waals surface area (Å²) in [5.74, 6) is -1.83. The summed E-state index contributed by atoms with van der Waals surface area (Å²) in [4.78, 5) is 32.8. The number of amides is 1. The molecule has 5 rings (SSSR count). The molecule has 2 heterocycles. The minimum Gasteiger partial charge on any atom is -0.395 e. The summed E-state index contributed by atoms with van der Waals surface area (Å²) in [6.45, 7) is -0.182. The fourth-order valence-electron chi connectivity index (χ4n) is 4.26. The van der Waals surface area contributed by atoms with E-state index in [0.29, 0.717) is 22.2 Å². The number of aromatic nitrogens is 2. The van der Waals surface area contributed by atoms with Gasteiger partial charge in [0.15, 0.2) is 0 Å². The number of imidazole rings is 1. The Bertz CT molecular complexity index is 1610. The van der Waals surface area contributed by atoms with Crippen LogP contribution in [-0.4, -0.2) is 38.9 Å². The Morgan fingerprint density at radius 3 is 2.61 bits per heavy atom. The number of hydrogen-bond donors (Lipinski definition) is 3. The monoisotopic (exact) mass is 530 g/mol. The Hall–Kier alpha value is -3.53. The summed E-state index contributed by atoms with van der Waals surface area (Å²) < 4.78 is 29.9. The van der Waals surface area contributed by atoms with Gasteiger partial charge in [0.1, 0.15) is 17.7 Å². The second-order valence-corrected chi connectivity index (χ2v) is 9.11. The van der Waals surface area contributed by atoms with Gasteiger partial charge in [-0.2, -0.15) is 0 Å². The van der Waals surface area contributed by atoms with Gasteiger partial charge in [0, 0.05) is 27.6 Å². The smallest absolute Gasteiger partial charge is 0.326 e. The van der Waals surface area contributed by atoms with Crippen LogP contribution in [0.4, 0.5) is 14.5 Å². The van der Waals surface area contributed by atoms with Crippen molar-refractivity contribution in [3.8, 4) is 0 Å². The molecule has 1 unspecified atom stereocenters. The third kappa shape index (κ3) is 4.41. The molecule has 4 aromatic rings. The van der Waals surface area contributed by atoms with E-state index in [1.807, 2.05) is 0 Å². The van der Waals surface area contributed by atoms with E-state index in [4.69, 9.17) is 23.2 Å². The molecule has 1 aliphatic heterocycles. The number of carbonyl (C=O) groups excluding carboxylic acids is 1. The van der Waals surface area contributed by atoms with Gasteiger partial charge in [-0.3, -0.25) is 14.4 Å². The van der Waals surface area contributed by atoms with Crippen LogP contribution in [0.1, 0.15) is 16.7 Å². The molecule has 0 radical (unpaired) electrons. The Morgan fingerprint density at radius 2 is 1.86 bits per heavy atom. The van der Waals surface area contributed by atoms with E-state index in [9.17, 15) is 23.5 Å². The molecule has 184 valence electrons. The van der Waals surface area contributed by atoms with Gasteiger partial charge in [-0.25, -0.2) is 13.6 Å². The molecule has 1 aromatic heterocycles. The van der Waals surface area contributed by atoms with Gasteiger partial charge in [0.2, 0.25) is 5.91 Å². The van der Waals surface area contributed by atoms with E-state index < -0.39 is 29.3 Å². The first-order chi connectivity index (χ1) is 17.2. The SMILES string of the molecule is O=C1Nc2c(F)cc(Cl)cc2C(c2ccc3[nH]c(=O)n(CCO)c3c2)=NC1Cc1ccc(F)cc1Cl. The third-order valence-corrected chi connectivity index (χ3v) is 6.52. The zero-order chi connectivity index (χ0) is 25.6. The topological polar surface area (TPSA) is 99.5 Å². The number of aromatic amines is 1. The van der Waals surface area contributed by atoms with E-state index in [1.54, 1.807) is 18.2 Å². The number of aliphatic hydroxyl groups is 1. The number of H-pyrrole nitrogens is 1. The van der Waals surface area contributed by atoms with Crippen LogP contribution < -0.4 is 11.0 Å². The van der Waals surface area contributed by atoms with Crippen LogP contribution in [-0.2, 0) is 17.8 Å². The lowest BCUT2D eigenvalue weighted by Gasteiger charge is -2.13. The van der Waals surface area contributed by atoms with Crippen LogP contribution in [0.15, 0.2) is 58.3 Å². The molecule has 3 aromatic carbocycles. The Labute approximate surface area is 213 Å². The number of fused-ring (bicyclic) bond motifs is 2. The molecular weight excluding hydrogens is 513 g/mol. The van der Waals surface area contributed by atoms with Crippen LogP contribution in [0.3, 0.4) is 0 Å². The molecule has 7 nitrogen and oxygen atoms in total. The van der Waals surface area contributed by atoms with Crippen molar-refractivity contribution in [2.75, 3.05) is 11.9 Å². The molecule has 1 atom stereocenters. The summed E-state index contributed by atoms with van der Waals surface area (Å²) in [5, 5.41) is 12.2. The Morgan fingerprint density at radius 1 is 1.06 bits per heavy atom. The summed E-state index contributed by atoms with van der Waals surface area (Å²) in [7, 11) is 0. The quantitative estimate of drug-likeness (QED) is 0.358. The second kappa shape index (κ2) is 9.50. The lowest BCUT2D eigenvalue weighted by atomic mass is 9.99. The van der Waals surface area contributed by atoms with Crippen LogP contribution in [0.25, 0.3) is 11.0 Å². The largest absolute Gasteiger partial charge is 0.395 e. The van der Waals surface area contributed by atoms with Crippen molar-refractivity contribution in [3.63, 3.8) is 0 Å². The standard InChI is InChI=1S/C25H18Cl2F2N4O3/c26-14-9-16-22(13-2-4-19-21(8-13)33(5-6-34)25(36)31-19)30-20(24(35)32-23(16)18(29)10-14)7-12-1-3-15(28)11-17(12)27/h1-4,8-11,20,34H,5-7H2,(H,31,36)(H,32,35). The first kappa shape index (κ1) is 24.2. The molecule has 0 fully saturated rings. The van der Waals surface area contributed by atoms with Gasteiger partial charge in [0.05, 0.1) is 35.6 Å². The van der Waals surface area contributed by atoms with Crippen molar-refractivity contribution >= 4 is 51.5 Å². The fourth-order valence-corrected chi connectivity index (χ4v) is 4.71. The second-order valence-electron chi connectivity index (χ2n) is 8.27. The van der Waals surface area contributed by atoms with Gasteiger partial charge < -0.3 is 15.4 Å². The molecule has 36 heavy (non-hydrogen) atoms. The number of hydrogen-bond acceptors (Lipinski definition) is 4. The number of carbonyl (C=O) groups is 1. The molecule has 1 aliphatic rings. The first-order valence-electron chi connectivity index (χ1n) is 10.9. The summed E-state index contributed by atoms with van der Waals surface area (Å²) in [6.07, 6.45) is 0.0272. The predicted molar refractivity (Wildman–Crippen MR) is 134 cm³/mol. The first-order valence-corrected chi connectivity index (χ1v) is 11.7. The number of halogens is 4. The van der Waals surface area contributed by atoms with Gasteiger partial charge in [0.25, 0.3) is 0 Å². The van der Waals surface area contributed by atoms with Gasteiger partial charge in [-0.05, 0) is 42.0 Å². The molecule has 0 bridgehead atoms. The van der Waals surface area contributed by atoms with Crippen molar-refractivity contribution in [2.45, 2.75) is 19.0 Å². The van der Waals surface area contributed by atoms with Crippen molar-refractivity contribution in [2.24, 2.45) is 4.99 Å². The van der Waals surface area contributed by atoms with Crippen molar-refractivity contribution in [3.05, 3.63) is 97.4 Å². The van der Waals surface area contributed by atoms with Crippen molar-refractivity contribution in [1.29, 1.82) is 0 Å². The zero-order valence-electron chi connectivity index (χ0n) is 18.5. The molecule has 1 amide bonds. The number of rotatable bonds is 5. The highest BCUT2D eigenvalue weighted by Crippen LogP contribution is 2.32. The lowest BCUT2D eigenvalue weighted by Crippen LogP contribution is -2.28. The number of benzodiazepines with no additional fused rings is 1. The minimum absolute atomic E-state index is 0.0272. The van der Waals surface area contributed by atoms with Gasteiger partial charge in [-0.15, -0.1) is 0 Å². The predicted octanol–water partition coefficient (Wildman–Crippen LogP) is 4.31. The number of nitrogens with zero attached hydrogens (tertiary/aromatic N) is 2. The lowest BCUT2D eigenvalue weighted by molar-refractivity contribution is -0.117. The average molecular weight is 531 g/mol. The van der Waals surface area contributed by atoms with Crippen LogP contribution >= 0.6 is 23.2 Å². The highest BCUT2D eigenvalue weighted by atomic mass is 35.5. The maximum Gasteiger partial charge on any atom is 0.326 e. The fraction of sp³-hybridized carbons (Fsp3) is 0.160. The molecule has 3 N–H and O–H groups in total. The normalized spacial score (nSPS) is 15.4. The maximum atomic E-state index is 15.0. The van der Waals surface area contributed by atoms with E-state index in [0.717, 1.165) is 12.1 Å². The highest BCUT2D eigenvalue weighted by Gasteiger charge is 2.29. The molecule has 0 aliphatic carbocycles. The van der Waals surface area contributed by atoms with E-state index >= 15 is 0 Å². The van der Waals surface area contributed by atoms with Crippen LogP contribution in [0.2, 0.25) is 10.0 Å². The van der Waals surface area contributed by atoms with Gasteiger partial charge in [-0.1, -0.05) is 35.3 Å². The third-order valence-electron chi connectivity index (χ3n) is 5.95. The number of anilines is 1. The Balaban J connectivity index is 1.70. The summed E-state index contributed by atoms with van der Waals surface area (Å²) in [6, 6.07) is 10.4. The molecule has 0 saturated carbocycles. The molecular formula is C25H18Cl2F2N4O3. The number of nitrogens with one attached hydrogen (secondary N) is 2. The van der Waals surface area contributed by atoms with Crippen LogP contribution in [0, 0.1) is 11.6 Å². The number of aliphatic hydroxyl groups excluding tert-OH is 1.